The summed E-state index contributed by atoms with van der Waals surface area (Å²) in [6.45, 7) is 7.31. The summed E-state index contributed by atoms with van der Waals surface area (Å²) in [4.78, 5) is 2.55. The number of hydrogen-bond acceptors (Lipinski definition) is 3. The third-order valence-electron chi connectivity index (χ3n) is 9.13. The molecule has 8 rings (SSSR count). The van der Waals surface area contributed by atoms with Crippen LogP contribution in [-0.4, -0.2) is 34.8 Å². The van der Waals surface area contributed by atoms with Gasteiger partial charge < -0.3 is 0 Å². The topological polar surface area (TPSA) is 32.7 Å². The number of benzene rings is 4. The monoisotopic (exact) mass is 591 g/mol. The van der Waals surface area contributed by atoms with Crippen molar-refractivity contribution < 1.29 is 9.84 Å². The molecule has 0 aromatic heterocycles. The quantitative estimate of drug-likeness (QED) is 0.297. The molecule has 6 heteroatoms. The molecular weight excluding hydrogens is 560 g/mol. The van der Waals surface area contributed by atoms with Gasteiger partial charge in [-0.25, -0.2) is 0 Å². The van der Waals surface area contributed by atoms with E-state index in [0.717, 1.165) is 17.9 Å². The van der Waals surface area contributed by atoms with Crippen molar-refractivity contribution in [3.63, 3.8) is 0 Å². The number of allylic oxidation sites excluding steroid dienone is 2. The minimum absolute atomic E-state index is 0.0792. The number of fused-ring (bicyclic) bond motifs is 5. The molecule has 0 radical (unpaired) electrons. The molecule has 4 aromatic rings. The molecule has 39 heavy (non-hydrogen) atoms. The summed E-state index contributed by atoms with van der Waals surface area (Å²) in [5.74, 6) is 2.24. The van der Waals surface area contributed by atoms with Crippen LogP contribution in [0, 0.1) is 6.92 Å². The number of aryl methyl sites for hydroxylation is 1. The van der Waals surface area contributed by atoms with Crippen molar-refractivity contribution in [3.8, 4) is 17.2 Å². The summed E-state index contributed by atoms with van der Waals surface area (Å²) in [5, 5.41) is 13.7. The number of ether oxygens (including phenoxy) is 1. The molecule has 0 fully saturated rings. The second-order valence-corrected chi connectivity index (χ2v) is 18.5. The Morgan fingerprint density at radius 2 is 1.72 bits per heavy atom. The summed E-state index contributed by atoms with van der Waals surface area (Å²) in [5.41, 5.74) is 9.00. The summed E-state index contributed by atoms with van der Waals surface area (Å²) in [6.07, 6.45) is 4.91. The van der Waals surface area contributed by atoms with Crippen molar-refractivity contribution in [1.29, 1.82) is 0 Å². The van der Waals surface area contributed by atoms with Crippen LogP contribution in [0.15, 0.2) is 83.7 Å². The minimum atomic E-state index is -1.71. The van der Waals surface area contributed by atoms with Crippen molar-refractivity contribution in [3.05, 3.63) is 89.3 Å². The molecule has 0 spiro atoms. The predicted molar refractivity (Wildman–Crippen MR) is 167 cm³/mol. The van der Waals surface area contributed by atoms with Gasteiger partial charge >= 0.3 is 239 Å². The van der Waals surface area contributed by atoms with Crippen LogP contribution < -0.4 is 40.1 Å². The third kappa shape index (κ3) is 3.41. The maximum absolute atomic E-state index is 10.5. The summed E-state index contributed by atoms with van der Waals surface area (Å²) in [7, 11) is -1.71. The molecule has 4 aliphatic rings. The van der Waals surface area contributed by atoms with Gasteiger partial charge in [-0.2, -0.15) is 0 Å². The molecule has 0 bridgehead atoms. The van der Waals surface area contributed by atoms with E-state index in [1.54, 1.807) is 5.20 Å². The van der Waals surface area contributed by atoms with Crippen molar-refractivity contribution >= 4 is 71.6 Å². The molecular formula is C33H30BNO2SeSi. The van der Waals surface area contributed by atoms with Crippen molar-refractivity contribution in [2.75, 3.05) is 4.90 Å². The number of hydrogen-bond donors (Lipinski definition) is 1. The Morgan fingerprint density at radius 1 is 0.872 bits per heavy atom. The molecule has 0 amide bonds. The van der Waals surface area contributed by atoms with Gasteiger partial charge in [0.1, 0.15) is 0 Å². The fourth-order valence-corrected chi connectivity index (χ4v) is 13.4. The number of aromatic hydroxyl groups is 1. The normalized spacial score (nSPS) is 17.9. The van der Waals surface area contributed by atoms with E-state index in [2.05, 4.69) is 85.6 Å². The van der Waals surface area contributed by atoms with E-state index in [1.165, 1.54) is 72.4 Å². The molecule has 1 N–H and O–H groups in total. The number of phenols is 1. The van der Waals surface area contributed by atoms with Gasteiger partial charge in [0.25, 0.3) is 0 Å². The fraction of sp³-hybridized carbons (Fsp3) is 0.212. The van der Waals surface area contributed by atoms with E-state index in [-0.39, 0.29) is 21.7 Å². The number of nitrogens with zero attached hydrogens (tertiary/aromatic N) is 1. The molecule has 0 saturated carbocycles. The summed E-state index contributed by atoms with van der Waals surface area (Å²) < 4.78 is 9.50. The third-order valence-corrected chi connectivity index (χ3v) is 15.4. The molecule has 0 unspecified atom stereocenters. The fourth-order valence-electron chi connectivity index (χ4n) is 7.35. The van der Waals surface area contributed by atoms with E-state index in [4.69, 9.17) is 4.74 Å². The number of phenolic OH excluding ortho intramolecular Hbond substituents is 1. The van der Waals surface area contributed by atoms with E-state index in [9.17, 15) is 5.11 Å². The van der Waals surface area contributed by atoms with E-state index in [1.807, 2.05) is 12.1 Å². The average molecular weight is 590 g/mol. The van der Waals surface area contributed by atoms with Gasteiger partial charge in [0.2, 0.25) is 0 Å². The first-order valence-corrected chi connectivity index (χ1v) is 18.7. The Bertz CT molecular complexity index is 1750. The van der Waals surface area contributed by atoms with Gasteiger partial charge in [-0.1, -0.05) is 0 Å². The number of rotatable bonds is 1. The standard InChI is InChI=1S/C33H30BNO2SeSi/c1-20-16-28-33-30(17-20)38-29-15-13-22(36)19-24(29)34(33)23-14-12-21(18-27(23)37-28)35-25-8-4-6-10-31(25)39(2,3)32-11-7-5-9-26(32)35/h4,6,8,10,12-19,36H,5,7,9,11H2,1-3H3. The molecule has 3 heterocycles. The zero-order valence-electron chi connectivity index (χ0n) is 22.5. The molecule has 3 aliphatic heterocycles. The molecule has 0 atom stereocenters. The molecule has 1 aliphatic carbocycles. The average Bonchev–Trinajstić information content (AvgIpc) is 2.93. The Morgan fingerprint density at radius 3 is 2.62 bits per heavy atom. The SMILES string of the molecule is Cc1cc2c3c(c1)[Se]c1ccc(O)cc1B3c1ccc(N3C4=C(CCCC4)[Si](C)(C)c4ccccc43)cc1O2. The summed E-state index contributed by atoms with van der Waals surface area (Å²) >= 11 is 0.189. The number of anilines is 2. The zero-order chi connectivity index (χ0) is 26.5. The maximum atomic E-state index is 10.5. The van der Waals surface area contributed by atoms with Crippen LogP contribution in [0.5, 0.6) is 17.2 Å². The van der Waals surface area contributed by atoms with Gasteiger partial charge in [-0.15, -0.1) is 0 Å². The van der Waals surface area contributed by atoms with Gasteiger partial charge in [0, 0.05) is 0 Å². The van der Waals surface area contributed by atoms with Crippen molar-refractivity contribution in [1.82, 2.24) is 0 Å². The van der Waals surface area contributed by atoms with Crippen LogP contribution in [0.3, 0.4) is 0 Å². The van der Waals surface area contributed by atoms with Gasteiger partial charge in [0.15, 0.2) is 0 Å². The van der Waals surface area contributed by atoms with Crippen LogP contribution in [0.25, 0.3) is 0 Å². The first-order valence-electron chi connectivity index (χ1n) is 14.0. The van der Waals surface area contributed by atoms with E-state index in [0.29, 0.717) is 5.75 Å². The van der Waals surface area contributed by atoms with Gasteiger partial charge in [0.05, 0.1) is 0 Å². The van der Waals surface area contributed by atoms with Gasteiger partial charge in [-0.05, 0) is 0 Å². The first-order chi connectivity index (χ1) is 18.9. The predicted octanol–water partition coefficient (Wildman–Crippen LogP) is 3.73. The molecule has 3 nitrogen and oxygen atoms in total. The van der Waals surface area contributed by atoms with Crippen LogP contribution in [0.4, 0.5) is 11.4 Å². The van der Waals surface area contributed by atoms with Crippen LogP contribution >= 0.6 is 0 Å². The van der Waals surface area contributed by atoms with E-state index >= 15 is 0 Å². The second-order valence-electron chi connectivity index (χ2n) is 11.9. The Kier molecular flexibility index (Phi) is 5.11. The van der Waals surface area contributed by atoms with Gasteiger partial charge in [-0.3, -0.25) is 0 Å². The second kappa shape index (κ2) is 8.41. The zero-order valence-corrected chi connectivity index (χ0v) is 25.3. The summed E-state index contributed by atoms with van der Waals surface area (Å²) in [6, 6.07) is 26.4. The Balaban J connectivity index is 1.33. The molecule has 0 saturated heterocycles. The Hall–Kier alpha value is -3.18. The van der Waals surface area contributed by atoms with E-state index < -0.39 is 8.07 Å². The van der Waals surface area contributed by atoms with Crippen LogP contribution in [-0.2, 0) is 0 Å². The first kappa shape index (κ1) is 23.7. The Labute approximate surface area is 237 Å². The van der Waals surface area contributed by atoms with Crippen LogP contribution in [0.2, 0.25) is 13.1 Å². The molecule has 4 aromatic carbocycles. The van der Waals surface area contributed by atoms with Crippen LogP contribution in [0.1, 0.15) is 31.2 Å². The van der Waals surface area contributed by atoms with Crippen molar-refractivity contribution in [2.45, 2.75) is 45.7 Å². The number of para-hydroxylation sites is 1. The molecule has 192 valence electrons. The van der Waals surface area contributed by atoms with Crippen molar-refractivity contribution in [2.24, 2.45) is 0 Å².